The van der Waals surface area contributed by atoms with Gasteiger partial charge in [0.15, 0.2) is 5.11 Å². The Morgan fingerprint density at radius 2 is 2.00 bits per heavy atom. The van der Waals surface area contributed by atoms with Crippen molar-refractivity contribution in [1.29, 1.82) is 0 Å². The van der Waals surface area contributed by atoms with E-state index in [-0.39, 0.29) is 0 Å². The highest BCUT2D eigenvalue weighted by atomic mass is 32.1. The van der Waals surface area contributed by atoms with Crippen LogP contribution in [0.1, 0.15) is 0 Å². The highest BCUT2D eigenvalue weighted by molar-refractivity contribution is 7.80. The number of quaternary nitrogens is 1. The van der Waals surface area contributed by atoms with E-state index in [9.17, 15) is 0 Å². The minimum atomic E-state index is 0.887. The van der Waals surface area contributed by atoms with Crippen molar-refractivity contribution in [2.24, 2.45) is 0 Å². The molecule has 23 heavy (non-hydrogen) atoms. The van der Waals surface area contributed by atoms with Crippen molar-refractivity contribution in [2.45, 2.75) is 0 Å². The van der Waals surface area contributed by atoms with Crippen molar-refractivity contribution in [3.05, 3.63) is 24.4 Å². The summed E-state index contributed by atoms with van der Waals surface area (Å²) in [6, 6.07) is 6.20. The number of aromatic amines is 1. The summed E-state index contributed by atoms with van der Waals surface area (Å²) in [5.74, 6) is 1.18. The minimum Gasteiger partial charge on any atom is -0.370 e. The Labute approximate surface area is 143 Å². The number of hydrogen-bond donors (Lipinski definition) is 2. The quantitative estimate of drug-likeness (QED) is 0.649. The topological polar surface area (TPSA) is 46.3 Å². The number of anilines is 1. The van der Waals surface area contributed by atoms with Gasteiger partial charge >= 0.3 is 0 Å². The van der Waals surface area contributed by atoms with Gasteiger partial charge in [-0.2, -0.15) is 0 Å². The Kier molecular flexibility index (Phi) is 6.01. The molecule has 0 aromatic carbocycles. The van der Waals surface area contributed by atoms with Crippen LogP contribution in [0.4, 0.5) is 5.82 Å². The van der Waals surface area contributed by atoms with Gasteiger partial charge in [0.05, 0.1) is 45.6 Å². The number of H-pyrrole nitrogens is 1. The highest BCUT2D eigenvalue weighted by Gasteiger charge is 2.24. The van der Waals surface area contributed by atoms with E-state index in [2.05, 4.69) is 32.2 Å². The van der Waals surface area contributed by atoms with Crippen LogP contribution >= 0.6 is 12.2 Å². The molecule has 7 heteroatoms. The number of nitrogens with zero attached hydrogens (tertiary/aromatic N) is 2. The lowest BCUT2D eigenvalue weighted by atomic mass is 10.3. The Bertz CT molecular complexity index is 487. The number of ether oxygens (including phenoxy) is 1. The van der Waals surface area contributed by atoms with Crippen LogP contribution in [0.2, 0.25) is 0 Å². The Morgan fingerprint density at radius 3 is 2.70 bits per heavy atom. The highest BCUT2D eigenvalue weighted by Crippen LogP contribution is 2.09. The van der Waals surface area contributed by atoms with Crippen molar-refractivity contribution in [3.8, 4) is 0 Å². The number of aromatic nitrogens is 1. The summed E-state index contributed by atoms with van der Waals surface area (Å²) in [5.41, 5.74) is 0. The van der Waals surface area contributed by atoms with Gasteiger partial charge in [-0.1, -0.05) is 6.07 Å². The van der Waals surface area contributed by atoms with Crippen LogP contribution in [0.5, 0.6) is 0 Å². The number of piperazine rings is 1. The predicted molar refractivity (Wildman–Crippen MR) is 93.8 cm³/mol. The van der Waals surface area contributed by atoms with Gasteiger partial charge in [-0.25, -0.2) is 4.98 Å². The van der Waals surface area contributed by atoms with E-state index in [1.54, 1.807) is 4.90 Å². The summed E-state index contributed by atoms with van der Waals surface area (Å²) < 4.78 is 5.39. The zero-order chi connectivity index (χ0) is 15.9. The Morgan fingerprint density at radius 1 is 1.22 bits per heavy atom. The van der Waals surface area contributed by atoms with Crippen LogP contribution in [0.25, 0.3) is 0 Å². The summed E-state index contributed by atoms with van der Waals surface area (Å²) in [5, 5.41) is 4.32. The van der Waals surface area contributed by atoms with Crippen molar-refractivity contribution in [2.75, 3.05) is 70.5 Å². The summed E-state index contributed by atoms with van der Waals surface area (Å²) in [6.45, 7) is 9.99. The average Bonchev–Trinajstić information content (AvgIpc) is 2.63. The smallest absolute Gasteiger partial charge is 0.274 e. The third-order valence-electron chi connectivity index (χ3n) is 4.55. The minimum absolute atomic E-state index is 0.887. The predicted octanol–water partition coefficient (Wildman–Crippen LogP) is -1.59. The zero-order valence-corrected chi connectivity index (χ0v) is 14.4. The molecule has 0 unspecified atom stereocenters. The lowest BCUT2D eigenvalue weighted by molar-refractivity contribution is -0.906. The Balaban J connectivity index is 1.36. The molecule has 0 saturated carbocycles. The van der Waals surface area contributed by atoms with E-state index in [0.717, 1.165) is 70.7 Å². The first-order valence-corrected chi connectivity index (χ1v) is 8.89. The van der Waals surface area contributed by atoms with Gasteiger partial charge in [0.1, 0.15) is 26.2 Å². The van der Waals surface area contributed by atoms with Gasteiger partial charge in [0.2, 0.25) is 0 Å². The second-order valence-corrected chi connectivity index (χ2v) is 6.45. The number of pyridine rings is 1. The van der Waals surface area contributed by atoms with Gasteiger partial charge in [-0.05, 0) is 18.3 Å². The molecule has 0 amide bonds. The van der Waals surface area contributed by atoms with Crippen LogP contribution < -0.4 is 20.1 Å². The molecule has 3 N–H and O–H groups in total. The molecule has 1 aromatic rings. The Hall–Kier alpha value is -1.44. The maximum Gasteiger partial charge on any atom is 0.274 e. The van der Waals surface area contributed by atoms with E-state index in [0.29, 0.717) is 0 Å². The largest absolute Gasteiger partial charge is 0.370 e. The SMILES string of the molecule is S=C(NCC[NH+]1CCOCC1)N1CCN(c2cccc[nH+]2)CC1. The molecule has 0 bridgehead atoms. The maximum absolute atomic E-state index is 5.55. The second-order valence-electron chi connectivity index (χ2n) is 6.07. The first kappa shape index (κ1) is 16.4. The number of morpholine rings is 1. The third-order valence-corrected chi connectivity index (χ3v) is 4.96. The van der Waals surface area contributed by atoms with Crippen LogP contribution in [0.15, 0.2) is 24.4 Å². The number of hydrogen-bond acceptors (Lipinski definition) is 3. The van der Waals surface area contributed by atoms with Crippen molar-refractivity contribution < 1.29 is 14.6 Å². The standard InChI is InChI=1S/C16H25N5OS/c23-16(18-5-6-19-11-13-22-14-12-19)21-9-7-20(8-10-21)15-3-1-2-4-17-15/h1-4H,5-14H2,(H,18,23)/p+2. The summed E-state index contributed by atoms with van der Waals surface area (Å²) >= 11 is 5.55. The monoisotopic (exact) mass is 337 g/mol. The molecule has 0 aliphatic carbocycles. The molecule has 126 valence electrons. The normalized spacial score (nSPS) is 19.7. The lowest BCUT2D eigenvalue weighted by Crippen LogP contribution is -3.14. The fourth-order valence-electron chi connectivity index (χ4n) is 3.10. The zero-order valence-electron chi connectivity index (χ0n) is 13.6. The van der Waals surface area contributed by atoms with Gasteiger partial charge in [-0.15, -0.1) is 0 Å². The van der Waals surface area contributed by atoms with Crippen LogP contribution in [0.3, 0.4) is 0 Å². The van der Waals surface area contributed by atoms with Crippen LogP contribution in [-0.4, -0.2) is 75.6 Å². The van der Waals surface area contributed by atoms with Gasteiger partial charge in [0.25, 0.3) is 5.82 Å². The van der Waals surface area contributed by atoms with Crippen LogP contribution in [-0.2, 0) is 4.74 Å². The molecular weight excluding hydrogens is 310 g/mol. The molecule has 1 aromatic heterocycles. The van der Waals surface area contributed by atoms with Gasteiger partial charge in [-0.3, -0.25) is 4.90 Å². The number of nitrogens with one attached hydrogen (secondary N) is 3. The second kappa shape index (κ2) is 8.42. The average molecular weight is 337 g/mol. The fraction of sp³-hybridized carbons (Fsp3) is 0.625. The first-order valence-electron chi connectivity index (χ1n) is 8.49. The van der Waals surface area contributed by atoms with Crippen molar-refractivity contribution >= 4 is 23.1 Å². The van der Waals surface area contributed by atoms with E-state index in [1.165, 1.54) is 5.82 Å². The molecule has 0 radical (unpaired) electrons. The van der Waals surface area contributed by atoms with Gasteiger partial charge in [0, 0.05) is 6.07 Å². The summed E-state index contributed by atoms with van der Waals surface area (Å²) in [4.78, 5) is 9.56. The number of rotatable bonds is 4. The van der Waals surface area contributed by atoms with Gasteiger partial charge < -0.3 is 19.9 Å². The molecule has 3 heterocycles. The molecule has 6 nitrogen and oxygen atoms in total. The molecule has 2 saturated heterocycles. The lowest BCUT2D eigenvalue weighted by Gasteiger charge is -2.33. The van der Waals surface area contributed by atoms with Crippen molar-refractivity contribution in [3.63, 3.8) is 0 Å². The van der Waals surface area contributed by atoms with Crippen LogP contribution in [0, 0.1) is 0 Å². The van der Waals surface area contributed by atoms with Crippen molar-refractivity contribution in [1.82, 2.24) is 10.2 Å². The summed E-state index contributed by atoms with van der Waals surface area (Å²) in [6.07, 6.45) is 1.97. The van der Waals surface area contributed by atoms with E-state index in [1.807, 2.05) is 12.3 Å². The molecule has 0 atom stereocenters. The first-order chi connectivity index (χ1) is 11.3. The third kappa shape index (κ3) is 4.76. The maximum atomic E-state index is 5.55. The van der Waals surface area contributed by atoms with E-state index < -0.39 is 0 Å². The molecule has 0 spiro atoms. The molecule has 2 aliphatic heterocycles. The number of thiocarbonyl (C=S) groups is 1. The van der Waals surface area contributed by atoms with E-state index in [4.69, 9.17) is 17.0 Å². The molecule has 2 fully saturated rings. The summed E-state index contributed by atoms with van der Waals surface area (Å²) in [7, 11) is 0. The molecular formula is C16H27N5OS+2. The molecule has 3 rings (SSSR count). The fourth-order valence-corrected chi connectivity index (χ4v) is 3.38. The van der Waals surface area contributed by atoms with E-state index >= 15 is 0 Å². The molecule has 2 aliphatic rings.